The van der Waals surface area contributed by atoms with E-state index >= 15 is 0 Å². The molecule has 0 unspecified atom stereocenters. The molecule has 0 aliphatic rings. The van der Waals surface area contributed by atoms with Crippen LogP contribution >= 0.6 is 11.3 Å². The first-order chi connectivity index (χ1) is 9.15. The third-order valence-corrected chi connectivity index (χ3v) is 3.66. The lowest BCUT2D eigenvalue weighted by molar-refractivity contribution is -0.136. The van der Waals surface area contributed by atoms with Gasteiger partial charge in [0.05, 0.1) is 21.6 Å². The number of benzene rings is 1. The van der Waals surface area contributed by atoms with Crippen molar-refractivity contribution in [2.24, 2.45) is 0 Å². The lowest BCUT2D eigenvalue weighted by atomic mass is 10.3. The molecule has 0 aliphatic carbocycles. The number of fused-ring (bicyclic) bond motifs is 1. The van der Waals surface area contributed by atoms with Gasteiger partial charge in [-0.3, -0.25) is 9.59 Å². The summed E-state index contributed by atoms with van der Waals surface area (Å²) in [6, 6.07) is 7.85. The number of aliphatic carboxylic acids is 1. The van der Waals surface area contributed by atoms with Crippen LogP contribution in [0.1, 0.15) is 17.8 Å². The van der Waals surface area contributed by atoms with Gasteiger partial charge in [-0.15, -0.1) is 11.3 Å². The number of hydrogen-bond acceptors (Lipinski definition) is 4. The van der Waals surface area contributed by atoms with Crippen molar-refractivity contribution in [1.29, 1.82) is 0 Å². The summed E-state index contributed by atoms with van der Waals surface area (Å²) in [6.45, 7) is 0.175. The van der Waals surface area contributed by atoms with Crippen molar-refractivity contribution in [3.05, 3.63) is 29.3 Å². The van der Waals surface area contributed by atoms with Gasteiger partial charge in [-0.1, -0.05) is 12.1 Å². The summed E-state index contributed by atoms with van der Waals surface area (Å²) in [4.78, 5) is 26.2. The van der Waals surface area contributed by atoms with Crippen molar-refractivity contribution in [1.82, 2.24) is 10.3 Å². The first kappa shape index (κ1) is 13.5. The molecular formula is C13H14N2O3S. The van der Waals surface area contributed by atoms with Gasteiger partial charge < -0.3 is 10.4 Å². The van der Waals surface area contributed by atoms with E-state index in [4.69, 9.17) is 5.11 Å². The summed E-state index contributed by atoms with van der Waals surface area (Å²) < 4.78 is 1.11. The van der Waals surface area contributed by atoms with Crippen LogP contribution in [0.15, 0.2) is 24.3 Å². The van der Waals surface area contributed by atoms with E-state index in [9.17, 15) is 9.59 Å². The van der Waals surface area contributed by atoms with Crippen LogP contribution < -0.4 is 5.32 Å². The fourth-order valence-electron chi connectivity index (χ4n) is 1.64. The zero-order valence-corrected chi connectivity index (χ0v) is 11.1. The van der Waals surface area contributed by atoms with Crippen LogP contribution in [0.3, 0.4) is 0 Å². The van der Waals surface area contributed by atoms with Crippen LogP contribution in [0.25, 0.3) is 10.2 Å². The topological polar surface area (TPSA) is 79.3 Å². The average Bonchev–Trinajstić information content (AvgIpc) is 2.78. The Hall–Kier alpha value is -1.95. The quantitative estimate of drug-likeness (QED) is 0.844. The Kier molecular flexibility index (Phi) is 4.46. The van der Waals surface area contributed by atoms with Crippen molar-refractivity contribution in [2.75, 3.05) is 6.54 Å². The molecule has 0 aliphatic heterocycles. The van der Waals surface area contributed by atoms with E-state index in [1.165, 1.54) is 0 Å². The number of aromatic nitrogens is 1. The van der Waals surface area contributed by atoms with E-state index < -0.39 is 5.97 Å². The molecule has 0 atom stereocenters. The lowest BCUT2D eigenvalue weighted by Gasteiger charge is -2.01. The zero-order chi connectivity index (χ0) is 13.7. The molecule has 0 saturated carbocycles. The summed E-state index contributed by atoms with van der Waals surface area (Å²) in [6.07, 6.45) is 0.866. The summed E-state index contributed by atoms with van der Waals surface area (Å²) >= 11 is 1.58. The molecule has 0 bridgehead atoms. The number of para-hydroxylation sites is 1. The van der Waals surface area contributed by atoms with Crippen LogP contribution in [0.5, 0.6) is 0 Å². The number of carboxylic acids is 1. The summed E-state index contributed by atoms with van der Waals surface area (Å²) in [5, 5.41) is 12.0. The first-order valence-corrected chi connectivity index (χ1v) is 6.80. The molecule has 1 amide bonds. The van der Waals surface area contributed by atoms with E-state index in [-0.39, 0.29) is 18.9 Å². The number of amides is 1. The fraction of sp³-hybridized carbons (Fsp3) is 0.308. The number of nitrogens with zero attached hydrogens (tertiary/aromatic N) is 1. The Bertz CT molecular complexity index is 561. The van der Waals surface area contributed by atoms with Crippen molar-refractivity contribution in [3.63, 3.8) is 0 Å². The highest BCUT2D eigenvalue weighted by atomic mass is 32.1. The summed E-state index contributed by atoms with van der Waals surface area (Å²) in [5.74, 6) is -1.05. The highest BCUT2D eigenvalue weighted by Crippen LogP contribution is 2.22. The maximum atomic E-state index is 11.5. The van der Waals surface area contributed by atoms with E-state index in [0.717, 1.165) is 15.2 Å². The van der Waals surface area contributed by atoms with Crippen molar-refractivity contribution < 1.29 is 14.7 Å². The zero-order valence-electron chi connectivity index (χ0n) is 10.3. The standard InChI is InChI=1S/C13H14N2O3S/c16-11(14-8-7-13(17)18)5-6-12-15-9-3-1-2-4-10(9)19-12/h1-4H,5-8H2,(H,14,16)(H,17,18). The molecule has 100 valence electrons. The van der Waals surface area contributed by atoms with Gasteiger partial charge in [0.1, 0.15) is 0 Å². The Balaban J connectivity index is 1.81. The second kappa shape index (κ2) is 6.29. The highest BCUT2D eigenvalue weighted by Gasteiger charge is 2.07. The lowest BCUT2D eigenvalue weighted by Crippen LogP contribution is -2.26. The van der Waals surface area contributed by atoms with Crippen LogP contribution in [0.4, 0.5) is 0 Å². The number of carbonyl (C=O) groups is 2. The van der Waals surface area contributed by atoms with Gasteiger partial charge in [-0.25, -0.2) is 4.98 Å². The largest absolute Gasteiger partial charge is 0.481 e. The Morgan fingerprint density at radius 2 is 2.05 bits per heavy atom. The first-order valence-electron chi connectivity index (χ1n) is 5.98. The van der Waals surface area contributed by atoms with Crippen LogP contribution in [0, 0.1) is 0 Å². The van der Waals surface area contributed by atoms with Crippen LogP contribution in [0.2, 0.25) is 0 Å². The molecular weight excluding hydrogens is 264 g/mol. The summed E-state index contributed by atoms with van der Waals surface area (Å²) in [5.41, 5.74) is 0.953. The second-order valence-corrected chi connectivity index (χ2v) is 5.18. The minimum Gasteiger partial charge on any atom is -0.481 e. The third-order valence-electron chi connectivity index (χ3n) is 2.57. The van der Waals surface area contributed by atoms with Crippen molar-refractivity contribution in [3.8, 4) is 0 Å². The molecule has 0 fully saturated rings. The average molecular weight is 278 g/mol. The SMILES string of the molecule is O=C(O)CCNC(=O)CCc1nc2ccccc2s1. The molecule has 1 heterocycles. The molecule has 0 saturated heterocycles. The predicted molar refractivity (Wildman–Crippen MR) is 73.2 cm³/mol. The maximum Gasteiger partial charge on any atom is 0.305 e. The maximum absolute atomic E-state index is 11.5. The predicted octanol–water partition coefficient (Wildman–Crippen LogP) is 1.82. The number of hydrogen-bond donors (Lipinski definition) is 2. The molecule has 2 aromatic rings. The number of rotatable bonds is 6. The van der Waals surface area contributed by atoms with Gasteiger partial charge in [0.2, 0.25) is 5.91 Å². The molecule has 19 heavy (non-hydrogen) atoms. The van der Waals surface area contributed by atoms with Gasteiger partial charge >= 0.3 is 5.97 Å². The van der Waals surface area contributed by atoms with Gasteiger partial charge in [-0.2, -0.15) is 0 Å². The number of carboxylic acid groups (broad SMARTS) is 1. The van der Waals surface area contributed by atoms with Gasteiger partial charge in [0.15, 0.2) is 0 Å². The van der Waals surface area contributed by atoms with Crippen molar-refractivity contribution >= 4 is 33.4 Å². The minimum atomic E-state index is -0.911. The Labute approximate surface area is 114 Å². The number of carbonyl (C=O) groups excluding carboxylic acids is 1. The monoisotopic (exact) mass is 278 g/mol. The Morgan fingerprint density at radius 1 is 1.26 bits per heavy atom. The number of thiazole rings is 1. The van der Waals surface area contributed by atoms with Crippen molar-refractivity contribution in [2.45, 2.75) is 19.3 Å². The van der Waals surface area contributed by atoms with E-state index in [1.807, 2.05) is 24.3 Å². The van der Waals surface area contributed by atoms with Gasteiger partial charge in [0.25, 0.3) is 0 Å². The van der Waals surface area contributed by atoms with Crippen LogP contribution in [-0.2, 0) is 16.0 Å². The molecule has 2 rings (SSSR count). The molecule has 2 N–H and O–H groups in total. The van der Waals surface area contributed by atoms with Gasteiger partial charge in [-0.05, 0) is 12.1 Å². The fourth-order valence-corrected chi connectivity index (χ4v) is 2.61. The number of nitrogens with one attached hydrogen (secondary N) is 1. The normalized spacial score (nSPS) is 10.5. The molecule has 0 spiro atoms. The van der Waals surface area contributed by atoms with Crippen LogP contribution in [-0.4, -0.2) is 28.5 Å². The highest BCUT2D eigenvalue weighted by molar-refractivity contribution is 7.18. The second-order valence-electron chi connectivity index (χ2n) is 4.07. The smallest absolute Gasteiger partial charge is 0.305 e. The molecule has 0 radical (unpaired) electrons. The number of aryl methyl sites for hydroxylation is 1. The van der Waals surface area contributed by atoms with E-state index in [0.29, 0.717) is 12.8 Å². The van der Waals surface area contributed by atoms with E-state index in [1.54, 1.807) is 11.3 Å². The molecule has 6 heteroatoms. The Morgan fingerprint density at radius 3 is 2.79 bits per heavy atom. The third kappa shape index (κ3) is 4.03. The van der Waals surface area contributed by atoms with Gasteiger partial charge in [0, 0.05) is 19.4 Å². The van der Waals surface area contributed by atoms with E-state index in [2.05, 4.69) is 10.3 Å². The minimum absolute atomic E-state index is 0.0487. The molecule has 1 aromatic carbocycles. The molecule has 1 aromatic heterocycles. The molecule has 5 nitrogen and oxygen atoms in total. The summed E-state index contributed by atoms with van der Waals surface area (Å²) in [7, 11) is 0.